The molecule has 0 saturated carbocycles. The number of hydrogen-bond acceptors (Lipinski definition) is 18. The van der Waals surface area contributed by atoms with Crippen molar-refractivity contribution in [2.75, 3.05) is 24.7 Å². The van der Waals surface area contributed by atoms with Gasteiger partial charge in [-0.15, -0.1) is 0 Å². The smallest absolute Gasteiger partial charge is 0.386 e. The number of imidazole rings is 2. The molecule has 9 N–H and O–H groups in total. The topological polar surface area (TPSA) is 346 Å². The third-order valence-electron chi connectivity index (χ3n) is 7.88. The first-order valence-electron chi connectivity index (χ1n) is 13.9. The minimum absolute atomic E-state index is 0.105. The molecule has 26 heteroatoms. The number of nitrogens with two attached hydrogens (primary N) is 2. The van der Waals surface area contributed by atoms with Crippen molar-refractivity contribution in [2.45, 2.75) is 49.9 Å². The number of aromatic nitrogens is 8. The fourth-order valence-electron chi connectivity index (χ4n) is 5.85. The number of hydrogen-bond donors (Lipinski definition) is 7. The summed E-state index contributed by atoms with van der Waals surface area (Å²) < 4.78 is 61.6. The fourth-order valence-corrected chi connectivity index (χ4v) is 7.78. The molecule has 48 heavy (non-hydrogen) atoms. The number of nitrogen functional groups attached to an aromatic ring is 2. The monoisotopic (exact) mass is 716 g/mol. The molecular weight excluding hydrogens is 690 g/mol. The average molecular weight is 716 g/mol. The molecule has 4 aromatic heterocycles. The molecule has 3 aliphatic heterocycles. The second-order valence-corrected chi connectivity index (χ2v) is 13.8. The van der Waals surface area contributed by atoms with Gasteiger partial charge in [-0.1, -0.05) is 0 Å². The number of Topliss-reactive ketones (excluding diaryl/α,β-unsaturated/α-hetero) is 1. The van der Waals surface area contributed by atoms with Crippen molar-refractivity contribution >= 4 is 55.7 Å². The Balaban J connectivity index is 1.21. The van der Waals surface area contributed by atoms with Crippen LogP contribution in [0.4, 0.5) is 11.9 Å². The van der Waals surface area contributed by atoms with Crippen LogP contribution < -0.4 is 22.6 Å². The molecule has 0 radical (unpaired) electrons. The van der Waals surface area contributed by atoms with Crippen LogP contribution in [-0.4, -0.2) is 103 Å². The van der Waals surface area contributed by atoms with Crippen molar-refractivity contribution in [3.63, 3.8) is 0 Å². The Kier molecular flexibility index (Phi) is 7.88. The molecule has 3 saturated heterocycles. The zero-order chi connectivity index (χ0) is 34.3. The minimum Gasteiger partial charge on any atom is -0.386 e. The molecule has 7 heterocycles. The van der Waals surface area contributed by atoms with Crippen LogP contribution in [0.15, 0.2) is 22.2 Å². The normalized spacial score (nSPS) is 36.0. The number of fused-ring (bicyclic) bond motifs is 4. The van der Waals surface area contributed by atoms with Gasteiger partial charge < -0.3 is 35.8 Å². The average Bonchev–Trinajstić information content (AvgIpc) is 3.75. The number of phosphoric acid groups is 2. The van der Waals surface area contributed by atoms with E-state index in [1.165, 1.54) is 4.57 Å². The highest BCUT2D eigenvalue weighted by atomic mass is 31.2. The summed E-state index contributed by atoms with van der Waals surface area (Å²) in [5, 5.41) is 11.2. The van der Waals surface area contributed by atoms with Gasteiger partial charge in [-0.3, -0.25) is 51.6 Å². The Morgan fingerprint density at radius 1 is 0.854 bits per heavy atom. The third kappa shape index (κ3) is 5.65. The van der Waals surface area contributed by atoms with Crippen LogP contribution >= 0.6 is 15.6 Å². The van der Waals surface area contributed by atoms with E-state index in [4.69, 9.17) is 39.0 Å². The van der Waals surface area contributed by atoms with E-state index in [0.717, 1.165) is 24.1 Å². The van der Waals surface area contributed by atoms with Gasteiger partial charge in [0.05, 0.1) is 31.8 Å². The lowest BCUT2D eigenvalue weighted by atomic mass is 9.96. The molecule has 3 aliphatic rings. The number of aliphatic hydroxyl groups excluding tert-OH is 1. The van der Waals surface area contributed by atoms with Crippen LogP contribution in [0.2, 0.25) is 0 Å². The zero-order valence-corrected chi connectivity index (χ0v) is 26.0. The molecule has 2 unspecified atom stereocenters. The number of anilines is 2. The number of phosphoric ester groups is 2. The van der Waals surface area contributed by atoms with Crippen molar-refractivity contribution < 1.29 is 56.4 Å². The number of nitrogens with zero attached hydrogens (tertiary/aromatic N) is 6. The molecule has 0 aromatic carbocycles. The lowest BCUT2D eigenvalue weighted by Crippen LogP contribution is -2.39. The SMILES string of the molecule is CC(=O)[C@@H]1[C@@H]2OP(=O)(O)OC[C@H]3O[C@@H](n4cnc5c(=O)[nH]c(N)nc54)[C@H](O)[C@@H]3OP(=O)(O)OC[C@H]2O[C@H]1n1cnc2c(=O)[nH]c(N)nc21. The number of aromatic amines is 2. The first-order chi connectivity index (χ1) is 22.6. The van der Waals surface area contributed by atoms with Gasteiger partial charge in [0, 0.05) is 0 Å². The Bertz CT molecular complexity index is 2150. The summed E-state index contributed by atoms with van der Waals surface area (Å²) in [7, 11) is -10.3. The van der Waals surface area contributed by atoms with E-state index in [0.29, 0.717) is 0 Å². The molecular formula is C22H26N10O14P2. The fraction of sp³-hybridized carbons (Fsp3) is 0.500. The van der Waals surface area contributed by atoms with E-state index in [1.54, 1.807) is 0 Å². The first kappa shape index (κ1) is 32.6. The largest absolute Gasteiger partial charge is 0.472 e. The second kappa shape index (κ2) is 11.6. The van der Waals surface area contributed by atoms with Crippen molar-refractivity contribution in [2.24, 2.45) is 5.92 Å². The van der Waals surface area contributed by atoms with E-state index >= 15 is 0 Å². The molecule has 0 amide bonds. The van der Waals surface area contributed by atoms with Crippen LogP contribution in [-0.2, 0) is 41.5 Å². The van der Waals surface area contributed by atoms with E-state index in [-0.39, 0.29) is 34.2 Å². The van der Waals surface area contributed by atoms with Gasteiger partial charge in [0.25, 0.3) is 11.1 Å². The van der Waals surface area contributed by atoms with E-state index in [2.05, 4.69) is 29.9 Å². The minimum atomic E-state index is -5.13. The predicted octanol–water partition coefficient (Wildman–Crippen LogP) is -2.20. The highest BCUT2D eigenvalue weighted by Gasteiger charge is 2.55. The molecule has 3 fully saturated rings. The third-order valence-corrected chi connectivity index (χ3v) is 9.85. The maximum Gasteiger partial charge on any atom is 0.472 e. The van der Waals surface area contributed by atoms with Gasteiger partial charge in [-0.2, -0.15) is 9.97 Å². The second-order valence-electron chi connectivity index (χ2n) is 11.0. The number of rotatable bonds is 3. The molecule has 7 rings (SSSR count). The van der Waals surface area contributed by atoms with Crippen molar-refractivity contribution in [1.29, 1.82) is 0 Å². The van der Waals surface area contributed by atoms with Gasteiger partial charge in [-0.05, 0) is 6.92 Å². The number of H-pyrrole nitrogens is 2. The Morgan fingerprint density at radius 3 is 1.83 bits per heavy atom. The molecule has 0 spiro atoms. The molecule has 24 nitrogen and oxygen atoms in total. The Labute approximate surface area is 265 Å². The van der Waals surface area contributed by atoms with Crippen molar-refractivity contribution in [3.8, 4) is 0 Å². The summed E-state index contributed by atoms with van der Waals surface area (Å²) in [4.78, 5) is 79.5. The van der Waals surface area contributed by atoms with Crippen molar-refractivity contribution in [1.82, 2.24) is 39.0 Å². The lowest BCUT2D eigenvalue weighted by molar-refractivity contribution is -0.126. The molecule has 4 aromatic rings. The lowest BCUT2D eigenvalue weighted by Gasteiger charge is -2.28. The maximum absolute atomic E-state index is 13.3. The van der Waals surface area contributed by atoms with Crippen LogP contribution in [0.5, 0.6) is 0 Å². The summed E-state index contributed by atoms with van der Waals surface area (Å²) in [6, 6.07) is 0. The number of ether oxygens (including phenoxy) is 2. The quantitative estimate of drug-likeness (QED) is 0.111. The molecule has 0 bridgehead atoms. The van der Waals surface area contributed by atoms with Gasteiger partial charge in [0.1, 0.15) is 42.5 Å². The van der Waals surface area contributed by atoms with Gasteiger partial charge in [0.15, 0.2) is 28.6 Å². The summed E-state index contributed by atoms with van der Waals surface area (Å²) >= 11 is 0. The summed E-state index contributed by atoms with van der Waals surface area (Å²) in [6.45, 7) is -0.605. The number of aliphatic hydroxyl groups is 1. The van der Waals surface area contributed by atoms with E-state index < -0.39 is 94.7 Å². The van der Waals surface area contributed by atoms with Crippen LogP contribution in [0.1, 0.15) is 19.4 Å². The van der Waals surface area contributed by atoms with Gasteiger partial charge >= 0.3 is 15.6 Å². The number of ketones is 1. The van der Waals surface area contributed by atoms with E-state index in [9.17, 15) is 38.4 Å². The Morgan fingerprint density at radius 2 is 1.31 bits per heavy atom. The molecule has 0 aliphatic carbocycles. The van der Waals surface area contributed by atoms with Crippen LogP contribution in [0, 0.1) is 5.92 Å². The van der Waals surface area contributed by atoms with Crippen LogP contribution in [0.25, 0.3) is 22.3 Å². The number of carbonyl (C=O) groups is 1. The molecule has 258 valence electrons. The number of carbonyl (C=O) groups excluding carboxylic acids is 1. The summed E-state index contributed by atoms with van der Waals surface area (Å²) in [6.07, 6.45) is -8.91. The number of nitrogens with one attached hydrogen (secondary N) is 2. The predicted molar refractivity (Wildman–Crippen MR) is 154 cm³/mol. The molecule has 10 atom stereocenters. The van der Waals surface area contributed by atoms with Gasteiger partial charge in [0.2, 0.25) is 11.9 Å². The maximum atomic E-state index is 13.3. The standard InChI is InChI=1S/C22H26N10O14P2/c1-6(33)9-13-7(43-19(9)31-4-25-10-15(31)27-21(23)29-17(10)35)2-41-48(39,40)46-14-8(3-42-47(37,38)45-13)44-20(12(14)34)32-5-26-11-16(32)28-22(24)30-18(11)36/h4-5,7-9,12-14,19-20,34H,2-3H2,1H3,(H,37,38)(H,39,40)(H3,23,27,29,35)(H3,24,28,30,36)/t7-,8-,9-,12-,13-,14-,19-,20-/m1/s1. The van der Waals surface area contributed by atoms with E-state index in [1.807, 2.05) is 0 Å². The summed E-state index contributed by atoms with van der Waals surface area (Å²) in [5.74, 6) is -2.61. The summed E-state index contributed by atoms with van der Waals surface area (Å²) in [5.41, 5.74) is 9.36. The van der Waals surface area contributed by atoms with Crippen molar-refractivity contribution in [3.05, 3.63) is 33.4 Å². The highest BCUT2D eigenvalue weighted by molar-refractivity contribution is 7.47. The Hall–Kier alpha value is -3.93. The first-order valence-corrected chi connectivity index (χ1v) is 16.9. The highest BCUT2D eigenvalue weighted by Crippen LogP contribution is 2.54. The zero-order valence-electron chi connectivity index (χ0n) is 24.3. The van der Waals surface area contributed by atoms with Gasteiger partial charge in [-0.25, -0.2) is 19.1 Å². The van der Waals surface area contributed by atoms with Crippen LogP contribution in [0.3, 0.4) is 0 Å².